The highest BCUT2D eigenvalue weighted by Gasteiger charge is 2.11. The molecule has 4 nitrogen and oxygen atoms in total. The predicted molar refractivity (Wildman–Crippen MR) is 116 cm³/mol. The number of amides is 1. The number of nitrogens with zero attached hydrogens (tertiary/aromatic N) is 1. The second kappa shape index (κ2) is 7.60. The zero-order valence-corrected chi connectivity index (χ0v) is 17.2. The zero-order chi connectivity index (χ0) is 19.7. The number of benzene rings is 3. The summed E-state index contributed by atoms with van der Waals surface area (Å²) in [4.78, 5) is 17.0. The third-order valence-electron chi connectivity index (χ3n) is 4.55. The standard InChI is InChI=1S/C23H19BrN2O2/c1-14(2)16-8-11-21-20(13-16)26-23(28-21)15-6-9-19(10-7-15)25-22(27)17-4-3-5-18(24)12-17/h3-14H,1-2H3,(H,25,27). The number of oxazole rings is 1. The number of carbonyl (C=O) groups is 1. The molecule has 0 saturated heterocycles. The summed E-state index contributed by atoms with van der Waals surface area (Å²) < 4.78 is 6.76. The SMILES string of the molecule is CC(C)c1ccc2oc(-c3ccc(NC(=O)c4cccc(Br)c4)cc3)nc2c1. The van der Waals surface area contributed by atoms with Crippen molar-refractivity contribution in [2.24, 2.45) is 0 Å². The van der Waals surface area contributed by atoms with E-state index in [2.05, 4.69) is 52.2 Å². The van der Waals surface area contributed by atoms with Gasteiger partial charge in [-0.2, -0.15) is 0 Å². The van der Waals surface area contributed by atoms with Crippen LogP contribution in [0.4, 0.5) is 5.69 Å². The molecule has 0 aliphatic carbocycles. The predicted octanol–water partition coefficient (Wildman–Crippen LogP) is 6.63. The number of anilines is 1. The lowest BCUT2D eigenvalue weighted by Gasteiger charge is -2.06. The van der Waals surface area contributed by atoms with Crippen LogP contribution in [0.1, 0.15) is 35.7 Å². The Bertz CT molecular complexity index is 1150. The van der Waals surface area contributed by atoms with Gasteiger partial charge in [0.2, 0.25) is 5.89 Å². The van der Waals surface area contributed by atoms with Crippen molar-refractivity contribution in [2.75, 3.05) is 5.32 Å². The van der Waals surface area contributed by atoms with Crippen molar-refractivity contribution in [3.8, 4) is 11.5 Å². The van der Waals surface area contributed by atoms with Crippen molar-refractivity contribution in [1.82, 2.24) is 4.98 Å². The molecule has 1 aromatic heterocycles. The fraction of sp³-hybridized carbons (Fsp3) is 0.130. The van der Waals surface area contributed by atoms with Gasteiger partial charge in [-0.05, 0) is 66.1 Å². The Hall–Kier alpha value is -2.92. The molecular weight excluding hydrogens is 416 g/mol. The van der Waals surface area contributed by atoms with Gasteiger partial charge < -0.3 is 9.73 Å². The normalized spacial score (nSPS) is 11.1. The van der Waals surface area contributed by atoms with E-state index in [9.17, 15) is 4.79 Å². The second-order valence-corrected chi connectivity index (χ2v) is 7.86. The number of nitrogens with one attached hydrogen (secondary N) is 1. The quantitative estimate of drug-likeness (QED) is 0.391. The highest BCUT2D eigenvalue weighted by molar-refractivity contribution is 9.10. The Morgan fingerprint density at radius 3 is 2.54 bits per heavy atom. The number of rotatable bonds is 4. The van der Waals surface area contributed by atoms with Gasteiger partial charge in [0.25, 0.3) is 5.91 Å². The number of hydrogen-bond acceptors (Lipinski definition) is 3. The van der Waals surface area contributed by atoms with E-state index in [1.807, 2.05) is 42.5 Å². The Kier molecular flexibility index (Phi) is 5.01. The molecule has 1 amide bonds. The summed E-state index contributed by atoms with van der Waals surface area (Å²) in [6, 6.07) is 20.9. The summed E-state index contributed by atoms with van der Waals surface area (Å²) in [5, 5.41) is 2.90. The molecule has 0 radical (unpaired) electrons. The summed E-state index contributed by atoms with van der Waals surface area (Å²) in [7, 11) is 0. The van der Waals surface area contributed by atoms with E-state index in [-0.39, 0.29) is 5.91 Å². The Balaban J connectivity index is 1.54. The molecule has 0 fully saturated rings. The third-order valence-corrected chi connectivity index (χ3v) is 5.05. The van der Waals surface area contributed by atoms with Gasteiger partial charge in [0, 0.05) is 21.3 Å². The van der Waals surface area contributed by atoms with Crippen molar-refractivity contribution in [3.63, 3.8) is 0 Å². The minimum Gasteiger partial charge on any atom is -0.436 e. The Morgan fingerprint density at radius 2 is 1.82 bits per heavy atom. The number of carbonyl (C=O) groups excluding carboxylic acids is 1. The molecule has 0 aliphatic heterocycles. The van der Waals surface area contributed by atoms with Crippen LogP contribution in [0.3, 0.4) is 0 Å². The molecule has 1 N–H and O–H groups in total. The van der Waals surface area contributed by atoms with Crippen molar-refractivity contribution < 1.29 is 9.21 Å². The topological polar surface area (TPSA) is 55.1 Å². The number of aromatic nitrogens is 1. The lowest BCUT2D eigenvalue weighted by Crippen LogP contribution is -2.11. The number of fused-ring (bicyclic) bond motifs is 1. The molecule has 3 aromatic carbocycles. The van der Waals surface area contributed by atoms with E-state index in [1.54, 1.807) is 12.1 Å². The molecule has 0 spiro atoms. The van der Waals surface area contributed by atoms with Crippen LogP contribution in [0.25, 0.3) is 22.6 Å². The largest absolute Gasteiger partial charge is 0.436 e. The molecule has 28 heavy (non-hydrogen) atoms. The first-order valence-corrected chi connectivity index (χ1v) is 9.87. The van der Waals surface area contributed by atoms with Gasteiger partial charge in [-0.3, -0.25) is 4.79 Å². The maximum absolute atomic E-state index is 12.4. The molecule has 4 rings (SSSR count). The van der Waals surface area contributed by atoms with Crippen LogP contribution in [-0.4, -0.2) is 10.9 Å². The molecule has 1 heterocycles. The average molecular weight is 435 g/mol. The molecular formula is C23H19BrN2O2. The van der Waals surface area contributed by atoms with Crippen LogP contribution in [0.5, 0.6) is 0 Å². The molecule has 0 bridgehead atoms. The third kappa shape index (κ3) is 3.85. The lowest BCUT2D eigenvalue weighted by atomic mass is 10.0. The first kappa shape index (κ1) is 18.4. The van der Waals surface area contributed by atoms with Crippen LogP contribution in [0.2, 0.25) is 0 Å². The van der Waals surface area contributed by atoms with Gasteiger partial charge in [0.15, 0.2) is 5.58 Å². The maximum Gasteiger partial charge on any atom is 0.255 e. The molecule has 0 saturated carbocycles. The fourth-order valence-corrected chi connectivity index (χ4v) is 3.36. The van der Waals surface area contributed by atoms with Crippen molar-refractivity contribution >= 4 is 38.6 Å². The summed E-state index contributed by atoms with van der Waals surface area (Å²) in [6.07, 6.45) is 0. The minimum absolute atomic E-state index is 0.155. The first-order valence-electron chi connectivity index (χ1n) is 9.07. The Morgan fingerprint density at radius 1 is 1.04 bits per heavy atom. The van der Waals surface area contributed by atoms with Gasteiger partial charge in [-0.1, -0.05) is 41.9 Å². The smallest absolute Gasteiger partial charge is 0.255 e. The summed E-state index contributed by atoms with van der Waals surface area (Å²) in [5.74, 6) is 0.857. The second-order valence-electron chi connectivity index (χ2n) is 6.94. The molecule has 5 heteroatoms. The van der Waals surface area contributed by atoms with E-state index in [1.165, 1.54) is 5.56 Å². The van der Waals surface area contributed by atoms with E-state index in [0.717, 1.165) is 21.1 Å². The van der Waals surface area contributed by atoms with Crippen LogP contribution in [0.15, 0.2) is 75.6 Å². The van der Waals surface area contributed by atoms with Crippen molar-refractivity contribution in [2.45, 2.75) is 19.8 Å². The monoisotopic (exact) mass is 434 g/mol. The summed E-state index contributed by atoms with van der Waals surface area (Å²) >= 11 is 3.38. The average Bonchev–Trinajstić information content (AvgIpc) is 3.11. The van der Waals surface area contributed by atoms with E-state index < -0.39 is 0 Å². The van der Waals surface area contributed by atoms with Gasteiger partial charge in [-0.25, -0.2) is 4.98 Å². The summed E-state index contributed by atoms with van der Waals surface area (Å²) in [5.41, 5.74) is 5.03. The lowest BCUT2D eigenvalue weighted by molar-refractivity contribution is 0.102. The van der Waals surface area contributed by atoms with E-state index >= 15 is 0 Å². The minimum atomic E-state index is -0.155. The van der Waals surface area contributed by atoms with Crippen molar-refractivity contribution in [3.05, 3.63) is 82.3 Å². The Labute approximate surface area is 171 Å². The first-order chi connectivity index (χ1) is 13.5. The highest BCUT2D eigenvalue weighted by atomic mass is 79.9. The highest BCUT2D eigenvalue weighted by Crippen LogP contribution is 2.27. The number of halogens is 1. The van der Waals surface area contributed by atoms with Gasteiger partial charge in [0.1, 0.15) is 5.52 Å². The van der Waals surface area contributed by atoms with Crippen LogP contribution in [0, 0.1) is 0 Å². The molecule has 4 aromatic rings. The van der Waals surface area contributed by atoms with Crippen LogP contribution >= 0.6 is 15.9 Å². The maximum atomic E-state index is 12.4. The van der Waals surface area contributed by atoms with Gasteiger partial charge >= 0.3 is 0 Å². The molecule has 0 aliphatic rings. The van der Waals surface area contributed by atoms with Crippen molar-refractivity contribution in [1.29, 1.82) is 0 Å². The molecule has 140 valence electrons. The van der Waals surface area contributed by atoms with Crippen LogP contribution < -0.4 is 5.32 Å². The fourth-order valence-electron chi connectivity index (χ4n) is 2.96. The molecule has 0 unspecified atom stereocenters. The summed E-state index contributed by atoms with van der Waals surface area (Å²) in [6.45, 7) is 4.31. The van der Waals surface area contributed by atoms with E-state index in [4.69, 9.17) is 4.42 Å². The zero-order valence-electron chi connectivity index (χ0n) is 15.6. The number of hydrogen-bond donors (Lipinski definition) is 1. The van der Waals surface area contributed by atoms with Gasteiger partial charge in [-0.15, -0.1) is 0 Å². The van der Waals surface area contributed by atoms with Crippen LogP contribution in [-0.2, 0) is 0 Å². The van der Waals surface area contributed by atoms with E-state index in [0.29, 0.717) is 23.1 Å². The van der Waals surface area contributed by atoms with Gasteiger partial charge in [0.05, 0.1) is 0 Å². The molecule has 0 atom stereocenters.